The Kier molecular flexibility index (Phi) is 3.16. The third kappa shape index (κ3) is 2.61. The molecule has 3 aromatic rings. The number of aromatic hydroxyl groups is 1. The summed E-state index contributed by atoms with van der Waals surface area (Å²) in [5, 5.41) is 9.39. The minimum Gasteiger partial charge on any atom is -0.508 e. The highest BCUT2D eigenvalue weighted by Crippen LogP contribution is 2.37. The molecule has 3 nitrogen and oxygen atoms in total. The number of benzene rings is 2. The van der Waals surface area contributed by atoms with Crippen LogP contribution in [0, 0.1) is 0 Å². The molecule has 0 aliphatic rings. The van der Waals surface area contributed by atoms with Crippen molar-refractivity contribution in [3.8, 4) is 17.1 Å². The first-order chi connectivity index (χ1) is 9.84. The van der Waals surface area contributed by atoms with E-state index in [4.69, 9.17) is 0 Å². The van der Waals surface area contributed by atoms with Gasteiger partial charge in [-0.25, -0.2) is 4.98 Å². The van der Waals surface area contributed by atoms with Gasteiger partial charge in [0.1, 0.15) is 11.6 Å². The van der Waals surface area contributed by atoms with E-state index in [1.807, 2.05) is 0 Å². The van der Waals surface area contributed by atoms with Crippen molar-refractivity contribution in [1.29, 1.82) is 0 Å². The van der Waals surface area contributed by atoms with E-state index >= 15 is 0 Å². The monoisotopic (exact) mass is 356 g/mol. The van der Waals surface area contributed by atoms with E-state index < -0.39 is 11.7 Å². The number of nitrogens with one attached hydrogen (secondary N) is 1. The van der Waals surface area contributed by atoms with Crippen molar-refractivity contribution in [2.24, 2.45) is 0 Å². The molecule has 0 saturated heterocycles. The number of imidazole rings is 1. The molecule has 3 rings (SSSR count). The topological polar surface area (TPSA) is 48.9 Å². The van der Waals surface area contributed by atoms with Crippen LogP contribution in [0.5, 0.6) is 5.75 Å². The number of phenolic OH excluding ortho intramolecular Hbond substituents is 1. The summed E-state index contributed by atoms with van der Waals surface area (Å²) >= 11 is 2.90. The molecule has 0 amide bonds. The Labute approximate surface area is 125 Å². The number of aromatic nitrogens is 2. The van der Waals surface area contributed by atoms with Crippen LogP contribution in [0.15, 0.2) is 40.9 Å². The molecule has 0 spiro atoms. The first-order valence-corrected chi connectivity index (χ1v) is 6.70. The number of H-pyrrole nitrogens is 1. The Morgan fingerprint density at radius 2 is 1.86 bits per heavy atom. The summed E-state index contributed by atoms with van der Waals surface area (Å²) in [4.78, 5) is 7.12. The van der Waals surface area contributed by atoms with E-state index in [0.717, 1.165) is 6.07 Å². The molecule has 0 atom stereocenters. The SMILES string of the molecule is Oc1ccc2nc(-c3ccc(Br)c(C(F)(F)F)c3)[nH]c2c1. The highest BCUT2D eigenvalue weighted by atomic mass is 79.9. The van der Waals surface area contributed by atoms with Crippen molar-refractivity contribution in [2.75, 3.05) is 0 Å². The first-order valence-electron chi connectivity index (χ1n) is 5.90. The van der Waals surface area contributed by atoms with E-state index in [9.17, 15) is 18.3 Å². The maximum atomic E-state index is 12.9. The van der Waals surface area contributed by atoms with Crippen molar-refractivity contribution >= 4 is 27.0 Å². The lowest BCUT2D eigenvalue weighted by Gasteiger charge is -2.10. The summed E-state index contributed by atoms with van der Waals surface area (Å²) in [7, 11) is 0. The molecule has 21 heavy (non-hydrogen) atoms. The zero-order valence-electron chi connectivity index (χ0n) is 10.4. The third-order valence-electron chi connectivity index (χ3n) is 3.01. The molecule has 108 valence electrons. The molecular weight excluding hydrogens is 349 g/mol. The Morgan fingerprint density at radius 1 is 1.10 bits per heavy atom. The van der Waals surface area contributed by atoms with Gasteiger partial charge in [-0.15, -0.1) is 0 Å². The van der Waals surface area contributed by atoms with Gasteiger partial charge >= 0.3 is 6.18 Å². The Hall–Kier alpha value is -2.02. The molecule has 0 radical (unpaired) electrons. The van der Waals surface area contributed by atoms with E-state index in [1.165, 1.54) is 24.3 Å². The van der Waals surface area contributed by atoms with Crippen LogP contribution in [0.4, 0.5) is 13.2 Å². The van der Waals surface area contributed by atoms with E-state index in [1.54, 1.807) is 6.07 Å². The van der Waals surface area contributed by atoms with Crippen LogP contribution in [-0.4, -0.2) is 15.1 Å². The van der Waals surface area contributed by atoms with Gasteiger partial charge in [-0.1, -0.05) is 22.0 Å². The summed E-state index contributed by atoms with van der Waals surface area (Å²) in [5.74, 6) is 0.373. The average molecular weight is 357 g/mol. The lowest BCUT2D eigenvalue weighted by molar-refractivity contribution is -0.138. The van der Waals surface area contributed by atoms with Gasteiger partial charge in [0.2, 0.25) is 0 Å². The second-order valence-corrected chi connectivity index (χ2v) is 5.33. The number of aromatic amines is 1. The summed E-state index contributed by atoms with van der Waals surface area (Å²) in [6.45, 7) is 0. The highest BCUT2D eigenvalue weighted by Gasteiger charge is 2.33. The van der Waals surface area contributed by atoms with Gasteiger partial charge < -0.3 is 10.1 Å². The van der Waals surface area contributed by atoms with Crippen LogP contribution < -0.4 is 0 Å². The fraction of sp³-hybridized carbons (Fsp3) is 0.0714. The third-order valence-corrected chi connectivity index (χ3v) is 3.70. The number of nitrogens with zero attached hydrogens (tertiary/aromatic N) is 1. The maximum absolute atomic E-state index is 12.9. The molecular formula is C14H8BrF3N2O. The molecule has 2 N–H and O–H groups in total. The number of hydrogen-bond donors (Lipinski definition) is 2. The summed E-state index contributed by atoms with van der Waals surface area (Å²) < 4.78 is 38.7. The summed E-state index contributed by atoms with van der Waals surface area (Å²) in [6, 6.07) is 8.43. The molecule has 0 unspecified atom stereocenters. The molecule has 2 aromatic carbocycles. The van der Waals surface area contributed by atoms with Crippen molar-refractivity contribution in [3.05, 3.63) is 46.4 Å². The minimum absolute atomic E-state index is 0.0208. The highest BCUT2D eigenvalue weighted by molar-refractivity contribution is 9.10. The molecule has 0 aliphatic heterocycles. The minimum atomic E-state index is -4.45. The molecule has 0 bridgehead atoms. The number of alkyl halides is 3. The van der Waals surface area contributed by atoms with Gasteiger partial charge in [0.05, 0.1) is 16.6 Å². The molecule has 0 saturated carbocycles. The quantitative estimate of drug-likeness (QED) is 0.662. The van der Waals surface area contributed by atoms with Gasteiger partial charge in [0.15, 0.2) is 0 Å². The van der Waals surface area contributed by atoms with Crippen LogP contribution in [0.25, 0.3) is 22.4 Å². The summed E-state index contributed by atoms with van der Waals surface area (Å²) in [5.41, 5.74) is 0.685. The Bertz CT molecular complexity index is 827. The van der Waals surface area contributed by atoms with Crippen molar-refractivity contribution < 1.29 is 18.3 Å². The standard InChI is InChI=1S/C14H8BrF3N2O/c15-10-3-1-7(5-9(10)14(16,17)18)13-19-11-4-2-8(21)6-12(11)20-13/h1-6,21H,(H,19,20). The molecule has 0 aliphatic carbocycles. The fourth-order valence-corrected chi connectivity index (χ4v) is 2.50. The van der Waals surface area contributed by atoms with Crippen molar-refractivity contribution in [1.82, 2.24) is 9.97 Å². The van der Waals surface area contributed by atoms with Gasteiger partial charge in [-0.3, -0.25) is 0 Å². The lowest BCUT2D eigenvalue weighted by Crippen LogP contribution is -2.06. The van der Waals surface area contributed by atoms with Crippen molar-refractivity contribution in [2.45, 2.75) is 6.18 Å². The molecule has 0 fully saturated rings. The molecule has 1 heterocycles. The van der Waals surface area contributed by atoms with E-state index in [2.05, 4.69) is 25.9 Å². The number of halogens is 4. The van der Waals surface area contributed by atoms with Gasteiger partial charge in [0, 0.05) is 16.1 Å². The van der Waals surface area contributed by atoms with Crippen LogP contribution in [-0.2, 0) is 6.18 Å². The molecule has 7 heteroatoms. The van der Waals surface area contributed by atoms with Crippen LogP contribution in [0.3, 0.4) is 0 Å². The average Bonchev–Trinajstić information content (AvgIpc) is 2.80. The number of phenols is 1. The second kappa shape index (κ2) is 4.77. The zero-order chi connectivity index (χ0) is 15.2. The lowest BCUT2D eigenvalue weighted by atomic mass is 10.1. The van der Waals surface area contributed by atoms with Gasteiger partial charge in [-0.2, -0.15) is 13.2 Å². The fourth-order valence-electron chi connectivity index (χ4n) is 2.02. The number of fused-ring (bicyclic) bond motifs is 1. The van der Waals surface area contributed by atoms with Gasteiger partial charge in [-0.05, 0) is 24.3 Å². The number of rotatable bonds is 1. The molecule has 1 aromatic heterocycles. The smallest absolute Gasteiger partial charge is 0.417 e. The van der Waals surface area contributed by atoms with Gasteiger partial charge in [0.25, 0.3) is 0 Å². The largest absolute Gasteiger partial charge is 0.508 e. The first kappa shape index (κ1) is 13.9. The van der Waals surface area contributed by atoms with E-state index in [0.29, 0.717) is 22.4 Å². The van der Waals surface area contributed by atoms with Crippen LogP contribution >= 0.6 is 15.9 Å². The Morgan fingerprint density at radius 3 is 2.57 bits per heavy atom. The predicted octanol–water partition coefficient (Wildman–Crippen LogP) is 4.72. The zero-order valence-corrected chi connectivity index (χ0v) is 12.0. The predicted molar refractivity (Wildman–Crippen MR) is 75.9 cm³/mol. The number of hydrogen-bond acceptors (Lipinski definition) is 2. The maximum Gasteiger partial charge on any atom is 0.417 e. The van der Waals surface area contributed by atoms with Crippen LogP contribution in [0.2, 0.25) is 0 Å². The van der Waals surface area contributed by atoms with Crippen molar-refractivity contribution in [3.63, 3.8) is 0 Å². The normalized spacial score (nSPS) is 12.0. The Balaban J connectivity index is 2.14. The van der Waals surface area contributed by atoms with E-state index in [-0.39, 0.29) is 10.2 Å². The summed E-state index contributed by atoms with van der Waals surface area (Å²) in [6.07, 6.45) is -4.45. The second-order valence-electron chi connectivity index (χ2n) is 4.48. The van der Waals surface area contributed by atoms with Crippen LogP contribution in [0.1, 0.15) is 5.56 Å².